The molecule has 2 fully saturated rings. The predicted octanol–water partition coefficient (Wildman–Crippen LogP) is 1.33. The van der Waals surface area contributed by atoms with Crippen LogP contribution in [0.25, 0.3) is 0 Å². The van der Waals surface area contributed by atoms with Crippen LogP contribution in [0.4, 0.5) is 13.2 Å². The Kier molecular flexibility index (Phi) is 3.50. The van der Waals surface area contributed by atoms with Crippen LogP contribution in [-0.2, 0) is 10.0 Å². The molecule has 0 aromatic heterocycles. The maximum absolute atomic E-state index is 13.8. The Labute approximate surface area is 121 Å². The zero-order valence-corrected chi connectivity index (χ0v) is 12.1. The van der Waals surface area contributed by atoms with Crippen molar-refractivity contribution in [1.29, 1.82) is 0 Å². The summed E-state index contributed by atoms with van der Waals surface area (Å²) in [6, 6.07) is 1.11. The number of benzene rings is 1. The first kappa shape index (κ1) is 14.8. The van der Waals surface area contributed by atoms with Gasteiger partial charge in [-0.25, -0.2) is 21.6 Å². The van der Waals surface area contributed by atoms with Crippen LogP contribution in [0.15, 0.2) is 17.0 Å². The predicted molar refractivity (Wildman–Crippen MR) is 69.5 cm³/mol. The topological polar surface area (TPSA) is 49.4 Å². The van der Waals surface area contributed by atoms with Crippen LogP contribution in [0.5, 0.6) is 0 Å². The normalized spacial score (nSPS) is 29.8. The Morgan fingerprint density at radius 1 is 1.19 bits per heavy atom. The maximum atomic E-state index is 13.8. The highest BCUT2D eigenvalue weighted by Crippen LogP contribution is 2.36. The highest BCUT2D eigenvalue weighted by atomic mass is 32.2. The summed E-state index contributed by atoms with van der Waals surface area (Å²) in [6.45, 7) is 3.44. The number of fused-ring (bicyclic) bond motifs is 1. The lowest BCUT2D eigenvalue weighted by atomic mass is 9.95. The molecule has 116 valence electrons. The van der Waals surface area contributed by atoms with Crippen LogP contribution >= 0.6 is 0 Å². The fourth-order valence-electron chi connectivity index (χ4n) is 3.28. The molecule has 4 nitrogen and oxygen atoms in total. The van der Waals surface area contributed by atoms with E-state index >= 15 is 0 Å². The summed E-state index contributed by atoms with van der Waals surface area (Å²) in [5.74, 6) is -4.49. The van der Waals surface area contributed by atoms with Gasteiger partial charge in [0.05, 0.1) is 0 Å². The second kappa shape index (κ2) is 4.96. The number of rotatable bonds is 2. The van der Waals surface area contributed by atoms with Gasteiger partial charge in [-0.1, -0.05) is 0 Å². The second-order valence-electron chi connectivity index (χ2n) is 5.57. The number of sulfonamides is 1. The lowest BCUT2D eigenvalue weighted by molar-refractivity contribution is 0.356. The minimum absolute atomic E-state index is 0.160. The number of hydrogen-bond donors (Lipinski definition) is 1. The van der Waals surface area contributed by atoms with Gasteiger partial charge in [0.1, 0.15) is 4.90 Å². The Hall–Kier alpha value is -1.12. The van der Waals surface area contributed by atoms with Gasteiger partial charge in [-0.2, -0.15) is 4.31 Å². The van der Waals surface area contributed by atoms with Gasteiger partial charge in [-0.3, -0.25) is 0 Å². The quantitative estimate of drug-likeness (QED) is 0.837. The summed E-state index contributed by atoms with van der Waals surface area (Å²) >= 11 is 0. The molecule has 8 heteroatoms. The Morgan fingerprint density at radius 3 is 2.57 bits per heavy atom. The summed E-state index contributed by atoms with van der Waals surface area (Å²) in [4.78, 5) is -0.804. The molecule has 2 heterocycles. The molecule has 1 N–H and O–H groups in total. The molecular weight excluding hydrogens is 305 g/mol. The summed E-state index contributed by atoms with van der Waals surface area (Å²) in [7, 11) is -4.18. The van der Waals surface area contributed by atoms with E-state index in [0.717, 1.165) is 6.07 Å². The SMILES string of the molecule is CC1C2CNCC2CN1S(=O)(=O)c1ccc(F)c(F)c1F. The van der Waals surface area contributed by atoms with Crippen molar-refractivity contribution >= 4 is 10.0 Å². The van der Waals surface area contributed by atoms with Gasteiger partial charge in [0.2, 0.25) is 10.0 Å². The van der Waals surface area contributed by atoms with Crippen LogP contribution in [-0.4, -0.2) is 38.4 Å². The first-order chi connectivity index (χ1) is 9.84. The summed E-state index contributed by atoms with van der Waals surface area (Å²) in [5, 5.41) is 3.19. The smallest absolute Gasteiger partial charge is 0.246 e. The van der Waals surface area contributed by atoms with Gasteiger partial charge in [0, 0.05) is 12.6 Å². The summed E-state index contributed by atoms with van der Waals surface area (Å²) in [6.07, 6.45) is 0. The van der Waals surface area contributed by atoms with Gasteiger partial charge in [0.25, 0.3) is 0 Å². The van der Waals surface area contributed by atoms with E-state index in [0.29, 0.717) is 19.2 Å². The Morgan fingerprint density at radius 2 is 1.90 bits per heavy atom. The van der Waals surface area contributed by atoms with Crippen LogP contribution in [0.3, 0.4) is 0 Å². The molecule has 0 bridgehead atoms. The molecule has 3 rings (SSSR count). The van der Waals surface area contributed by atoms with Crippen molar-refractivity contribution in [3.05, 3.63) is 29.6 Å². The van der Waals surface area contributed by atoms with Gasteiger partial charge in [0.15, 0.2) is 17.5 Å². The van der Waals surface area contributed by atoms with E-state index in [1.807, 2.05) is 0 Å². The third-order valence-corrected chi connectivity index (χ3v) is 6.44. The molecule has 2 saturated heterocycles. The third kappa shape index (κ3) is 2.16. The van der Waals surface area contributed by atoms with E-state index in [-0.39, 0.29) is 24.4 Å². The molecule has 0 saturated carbocycles. The number of halogens is 3. The zero-order valence-electron chi connectivity index (χ0n) is 11.3. The average Bonchev–Trinajstić information content (AvgIpc) is 2.99. The molecule has 0 aliphatic carbocycles. The highest BCUT2D eigenvalue weighted by molar-refractivity contribution is 7.89. The molecule has 1 aromatic rings. The van der Waals surface area contributed by atoms with Crippen LogP contribution in [0, 0.1) is 29.3 Å². The number of hydrogen-bond acceptors (Lipinski definition) is 3. The van der Waals surface area contributed by atoms with E-state index in [1.165, 1.54) is 4.31 Å². The molecule has 21 heavy (non-hydrogen) atoms. The molecule has 0 radical (unpaired) electrons. The molecule has 2 aliphatic heterocycles. The monoisotopic (exact) mass is 320 g/mol. The lowest BCUT2D eigenvalue weighted by Gasteiger charge is -2.24. The van der Waals surface area contributed by atoms with Crippen molar-refractivity contribution in [2.45, 2.75) is 17.9 Å². The fraction of sp³-hybridized carbons (Fsp3) is 0.538. The summed E-state index contributed by atoms with van der Waals surface area (Å²) in [5.41, 5.74) is 0. The highest BCUT2D eigenvalue weighted by Gasteiger charge is 2.47. The minimum atomic E-state index is -4.18. The van der Waals surface area contributed by atoms with Gasteiger partial charge >= 0.3 is 0 Å². The fourth-order valence-corrected chi connectivity index (χ4v) is 5.07. The minimum Gasteiger partial charge on any atom is -0.316 e. The van der Waals surface area contributed by atoms with E-state index in [9.17, 15) is 21.6 Å². The van der Waals surface area contributed by atoms with Crippen molar-refractivity contribution in [2.75, 3.05) is 19.6 Å². The van der Waals surface area contributed by atoms with Crippen LogP contribution in [0.1, 0.15) is 6.92 Å². The molecule has 1 aromatic carbocycles. The van der Waals surface area contributed by atoms with E-state index in [4.69, 9.17) is 0 Å². The van der Waals surface area contributed by atoms with E-state index in [1.54, 1.807) is 6.92 Å². The molecule has 2 aliphatic rings. The molecule has 0 amide bonds. The van der Waals surface area contributed by atoms with Crippen LogP contribution < -0.4 is 5.32 Å². The largest absolute Gasteiger partial charge is 0.316 e. The second-order valence-corrected chi connectivity index (χ2v) is 7.43. The number of nitrogens with zero attached hydrogens (tertiary/aromatic N) is 1. The standard InChI is InChI=1S/C13H15F3N2O2S/c1-7-9-5-17-4-8(9)6-18(7)21(19,20)11-3-2-10(14)12(15)13(11)16/h2-3,7-9,17H,4-6H2,1H3. The lowest BCUT2D eigenvalue weighted by Crippen LogP contribution is -2.38. The average molecular weight is 320 g/mol. The Bertz CT molecular complexity index is 680. The molecule has 0 spiro atoms. The first-order valence-electron chi connectivity index (χ1n) is 6.70. The van der Waals surface area contributed by atoms with Crippen molar-refractivity contribution in [1.82, 2.24) is 9.62 Å². The third-order valence-electron chi connectivity index (χ3n) is 4.47. The molecule has 3 atom stereocenters. The zero-order chi connectivity index (χ0) is 15.4. The van der Waals surface area contributed by atoms with Gasteiger partial charge in [-0.05, 0) is 44.0 Å². The number of nitrogens with one attached hydrogen (secondary N) is 1. The van der Waals surface area contributed by atoms with Crippen molar-refractivity contribution in [2.24, 2.45) is 11.8 Å². The Balaban J connectivity index is 2.00. The first-order valence-corrected chi connectivity index (χ1v) is 8.14. The van der Waals surface area contributed by atoms with Gasteiger partial charge in [-0.15, -0.1) is 0 Å². The molecular formula is C13H15F3N2O2S. The summed E-state index contributed by atoms with van der Waals surface area (Å²) < 4.78 is 66.3. The van der Waals surface area contributed by atoms with Gasteiger partial charge < -0.3 is 5.32 Å². The van der Waals surface area contributed by atoms with E-state index in [2.05, 4.69) is 5.32 Å². The van der Waals surface area contributed by atoms with Crippen molar-refractivity contribution < 1.29 is 21.6 Å². The maximum Gasteiger partial charge on any atom is 0.246 e. The van der Waals surface area contributed by atoms with Crippen molar-refractivity contribution in [3.63, 3.8) is 0 Å². The van der Waals surface area contributed by atoms with E-state index < -0.39 is 32.4 Å². The van der Waals surface area contributed by atoms with Crippen LogP contribution in [0.2, 0.25) is 0 Å². The van der Waals surface area contributed by atoms with Crippen molar-refractivity contribution in [3.8, 4) is 0 Å². The molecule has 3 unspecified atom stereocenters.